The van der Waals surface area contributed by atoms with Crippen molar-refractivity contribution >= 4 is 23.9 Å². The van der Waals surface area contributed by atoms with E-state index in [-0.39, 0.29) is 24.1 Å². The first-order valence-electron chi connectivity index (χ1n) is 4.86. The molecule has 0 bridgehead atoms. The van der Waals surface area contributed by atoms with Crippen molar-refractivity contribution < 1.29 is 19.5 Å². The van der Waals surface area contributed by atoms with E-state index in [2.05, 4.69) is 5.32 Å². The van der Waals surface area contributed by atoms with E-state index in [0.29, 0.717) is 0 Å². The molecule has 6 heteroatoms. The highest BCUT2D eigenvalue weighted by Crippen LogP contribution is 2.13. The summed E-state index contributed by atoms with van der Waals surface area (Å²) in [6.07, 6.45) is -0.0807. The molecule has 0 aliphatic carbocycles. The number of carbonyl (C=O) groups excluding carboxylic acids is 2. The largest absolute Gasteiger partial charge is 0.480 e. The summed E-state index contributed by atoms with van der Waals surface area (Å²) in [5, 5.41) is 10.8. The number of carboxylic acids is 1. The second-order valence-electron chi connectivity index (χ2n) is 3.39. The van der Waals surface area contributed by atoms with E-state index in [4.69, 9.17) is 10.8 Å². The second kappa shape index (κ2) is 5.64. The van der Waals surface area contributed by atoms with Crippen LogP contribution in [0.3, 0.4) is 0 Å². The molecule has 0 saturated carbocycles. The van der Waals surface area contributed by atoms with Crippen molar-refractivity contribution in [2.75, 3.05) is 5.73 Å². The van der Waals surface area contributed by atoms with Gasteiger partial charge in [-0.05, 0) is 12.1 Å². The van der Waals surface area contributed by atoms with Crippen molar-refractivity contribution in [2.24, 2.45) is 0 Å². The monoisotopic (exact) mass is 236 g/mol. The first kappa shape index (κ1) is 12.7. The first-order chi connectivity index (χ1) is 8.06. The van der Waals surface area contributed by atoms with Crippen LogP contribution in [-0.4, -0.2) is 29.3 Å². The molecule has 0 aliphatic heterocycles. The maximum atomic E-state index is 11.8. The zero-order valence-corrected chi connectivity index (χ0v) is 8.92. The van der Waals surface area contributed by atoms with Crippen molar-refractivity contribution in [3.05, 3.63) is 29.8 Å². The zero-order valence-electron chi connectivity index (χ0n) is 8.92. The fourth-order valence-corrected chi connectivity index (χ4v) is 1.35. The van der Waals surface area contributed by atoms with Crippen molar-refractivity contribution in [3.63, 3.8) is 0 Å². The van der Waals surface area contributed by atoms with Gasteiger partial charge in [-0.2, -0.15) is 0 Å². The molecule has 1 amide bonds. The lowest BCUT2D eigenvalue weighted by atomic mass is 10.0. The molecule has 0 saturated heterocycles. The number of nitrogen functional groups attached to an aromatic ring is 1. The minimum Gasteiger partial charge on any atom is -0.480 e. The van der Waals surface area contributed by atoms with Crippen LogP contribution in [0.1, 0.15) is 16.8 Å². The average molecular weight is 236 g/mol. The minimum atomic E-state index is -1.26. The van der Waals surface area contributed by atoms with E-state index in [1.54, 1.807) is 18.2 Å². The Morgan fingerprint density at radius 3 is 2.59 bits per heavy atom. The average Bonchev–Trinajstić information content (AvgIpc) is 2.28. The topological polar surface area (TPSA) is 109 Å². The number of nitrogens with two attached hydrogens (primary N) is 1. The summed E-state index contributed by atoms with van der Waals surface area (Å²) in [5.74, 6) is -1.69. The van der Waals surface area contributed by atoms with Crippen LogP contribution in [0.25, 0.3) is 0 Å². The fraction of sp³-hybridized carbons (Fsp3) is 0.182. The van der Waals surface area contributed by atoms with Crippen LogP contribution in [0.5, 0.6) is 0 Å². The molecule has 0 spiro atoms. The van der Waals surface area contributed by atoms with Crippen molar-refractivity contribution in [1.82, 2.24) is 5.32 Å². The molecule has 0 aromatic heterocycles. The lowest BCUT2D eigenvalue weighted by Crippen LogP contribution is -2.37. The van der Waals surface area contributed by atoms with E-state index >= 15 is 0 Å². The lowest BCUT2D eigenvalue weighted by molar-refractivity contribution is -0.140. The van der Waals surface area contributed by atoms with Crippen LogP contribution in [0, 0.1) is 0 Å². The van der Waals surface area contributed by atoms with Gasteiger partial charge in [0, 0.05) is 17.7 Å². The second-order valence-corrected chi connectivity index (χ2v) is 3.39. The van der Waals surface area contributed by atoms with Crippen molar-refractivity contribution in [1.29, 1.82) is 0 Å². The number of aliphatic carboxylic acids is 1. The number of carbonyl (C=O) groups is 3. The molecule has 0 heterocycles. The van der Waals surface area contributed by atoms with E-state index in [1.165, 1.54) is 6.07 Å². The van der Waals surface area contributed by atoms with E-state index in [9.17, 15) is 14.4 Å². The van der Waals surface area contributed by atoms with Crippen molar-refractivity contribution in [3.8, 4) is 0 Å². The fourth-order valence-electron chi connectivity index (χ4n) is 1.35. The summed E-state index contributed by atoms with van der Waals surface area (Å²) in [5.41, 5.74) is 6.13. The van der Waals surface area contributed by atoms with Gasteiger partial charge in [-0.15, -0.1) is 0 Å². The highest BCUT2D eigenvalue weighted by molar-refractivity contribution is 6.02. The van der Waals surface area contributed by atoms with Crippen LogP contribution >= 0.6 is 0 Å². The first-order valence-corrected chi connectivity index (χ1v) is 4.86. The molecule has 4 N–H and O–H groups in total. The molecule has 0 radical (unpaired) electrons. The Balaban J connectivity index is 2.81. The van der Waals surface area contributed by atoms with Gasteiger partial charge in [-0.3, -0.25) is 9.59 Å². The number of hydrogen-bond acceptors (Lipinski definition) is 4. The van der Waals surface area contributed by atoms with Gasteiger partial charge in [0.2, 0.25) is 6.41 Å². The Kier molecular flexibility index (Phi) is 4.21. The molecular formula is C11H12N2O4. The van der Waals surface area contributed by atoms with E-state index in [1.807, 2.05) is 0 Å². The summed E-state index contributed by atoms with van der Waals surface area (Å²) >= 11 is 0. The predicted molar refractivity (Wildman–Crippen MR) is 60.4 cm³/mol. The molecule has 1 aromatic rings. The van der Waals surface area contributed by atoms with E-state index < -0.39 is 17.8 Å². The SMILES string of the molecule is Nc1ccccc1C(=O)CC(NC=O)C(=O)O. The standard InChI is InChI=1S/C11H12N2O4/c12-8-4-2-1-3-7(8)10(15)5-9(11(16)17)13-6-14/h1-4,6,9H,5,12H2,(H,13,14)(H,16,17). The Bertz CT molecular complexity index is 445. The number of rotatable bonds is 6. The Morgan fingerprint density at radius 2 is 2.06 bits per heavy atom. The molecule has 0 fully saturated rings. The Hall–Kier alpha value is -2.37. The highest BCUT2D eigenvalue weighted by Gasteiger charge is 2.21. The van der Waals surface area contributed by atoms with Crippen LogP contribution < -0.4 is 11.1 Å². The normalized spacial score (nSPS) is 11.5. The number of para-hydroxylation sites is 1. The number of anilines is 1. The predicted octanol–water partition coefficient (Wildman–Crippen LogP) is 0.0408. The number of ketones is 1. The molecule has 0 aliphatic rings. The van der Waals surface area contributed by atoms with Gasteiger partial charge in [-0.25, -0.2) is 4.79 Å². The molecule has 90 valence electrons. The summed E-state index contributed by atoms with van der Waals surface area (Å²) < 4.78 is 0. The third kappa shape index (κ3) is 3.30. The number of nitrogens with one attached hydrogen (secondary N) is 1. The third-order valence-electron chi connectivity index (χ3n) is 2.22. The highest BCUT2D eigenvalue weighted by atomic mass is 16.4. The number of Topliss-reactive ketones (excluding diaryl/α,β-unsaturated/α-hetero) is 1. The van der Waals surface area contributed by atoms with Gasteiger partial charge < -0.3 is 16.2 Å². The zero-order chi connectivity index (χ0) is 12.8. The molecule has 1 rings (SSSR count). The van der Waals surface area contributed by atoms with Gasteiger partial charge in [0.05, 0.1) is 0 Å². The van der Waals surface area contributed by atoms with Gasteiger partial charge in [0.15, 0.2) is 5.78 Å². The molecule has 1 unspecified atom stereocenters. The maximum Gasteiger partial charge on any atom is 0.326 e. The summed E-state index contributed by atoms with van der Waals surface area (Å²) in [6.45, 7) is 0. The van der Waals surface area contributed by atoms with Gasteiger partial charge in [-0.1, -0.05) is 12.1 Å². The molecule has 1 aromatic carbocycles. The quantitative estimate of drug-likeness (QED) is 0.367. The van der Waals surface area contributed by atoms with Gasteiger partial charge in [0.1, 0.15) is 6.04 Å². The van der Waals surface area contributed by atoms with Crippen molar-refractivity contribution in [2.45, 2.75) is 12.5 Å². The number of amides is 1. The van der Waals surface area contributed by atoms with Crippen LogP contribution in [0.15, 0.2) is 24.3 Å². The van der Waals surface area contributed by atoms with E-state index in [0.717, 1.165) is 0 Å². The number of benzene rings is 1. The molecule has 17 heavy (non-hydrogen) atoms. The smallest absolute Gasteiger partial charge is 0.326 e. The Morgan fingerprint density at radius 1 is 1.41 bits per heavy atom. The third-order valence-corrected chi connectivity index (χ3v) is 2.22. The van der Waals surface area contributed by atoms with Crippen LogP contribution in [0.4, 0.5) is 5.69 Å². The van der Waals surface area contributed by atoms with Crippen LogP contribution in [0.2, 0.25) is 0 Å². The molecular weight excluding hydrogens is 224 g/mol. The molecule has 6 nitrogen and oxygen atoms in total. The lowest BCUT2D eigenvalue weighted by Gasteiger charge is -2.10. The molecule has 1 atom stereocenters. The summed E-state index contributed by atoms with van der Waals surface area (Å²) in [4.78, 5) is 32.7. The van der Waals surface area contributed by atoms with Gasteiger partial charge in [0.25, 0.3) is 0 Å². The number of hydrogen-bond donors (Lipinski definition) is 3. The summed E-state index contributed by atoms with van der Waals surface area (Å²) in [7, 11) is 0. The summed E-state index contributed by atoms with van der Waals surface area (Å²) in [6, 6.07) is 5.13. The minimum absolute atomic E-state index is 0.250. The Labute approximate surface area is 97.4 Å². The maximum absolute atomic E-state index is 11.8. The van der Waals surface area contributed by atoms with Crippen LogP contribution in [-0.2, 0) is 9.59 Å². The number of carboxylic acid groups (broad SMARTS) is 1. The van der Waals surface area contributed by atoms with Gasteiger partial charge >= 0.3 is 5.97 Å².